The molecule has 1 saturated heterocycles. The third-order valence-electron chi connectivity index (χ3n) is 4.74. The Balaban J connectivity index is 1.67. The molecule has 0 bridgehead atoms. The van der Waals surface area contributed by atoms with E-state index in [-0.39, 0.29) is 11.7 Å². The number of carbonyl (C=O) groups excluding carboxylic acids is 1. The zero-order chi connectivity index (χ0) is 18.8. The Morgan fingerprint density at radius 2 is 1.96 bits per heavy atom. The topological polar surface area (TPSA) is 60.5 Å². The van der Waals surface area contributed by atoms with Gasteiger partial charge in [0.05, 0.1) is 11.8 Å². The van der Waals surface area contributed by atoms with Gasteiger partial charge in [0.1, 0.15) is 17.1 Å². The number of halogens is 1. The molecule has 2 aromatic carbocycles. The minimum atomic E-state index is -0.377. The van der Waals surface area contributed by atoms with Crippen LogP contribution in [0.25, 0.3) is 10.2 Å². The highest BCUT2D eigenvalue weighted by Crippen LogP contribution is 2.40. The molecule has 7 heteroatoms. The second-order valence-corrected chi connectivity index (χ2v) is 7.40. The van der Waals surface area contributed by atoms with E-state index in [1.54, 1.807) is 7.11 Å². The molecule has 1 N–H and O–H groups in total. The van der Waals surface area contributed by atoms with Gasteiger partial charge in [-0.25, -0.2) is 9.37 Å². The summed E-state index contributed by atoms with van der Waals surface area (Å²) in [7, 11) is 1.61. The number of amides is 1. The summed E-state index contributed by atoms with van der Waals surface area (Å²) in [4.78, 5) is 17.0. The third kappa shape index (κ3) is 3.65. The number of nitrogens with zero attached hydrogens (tertiary/aromatic N) is 1. The summed E-state index contributed by atoms with van der Waals surface area (Å²) in [6, 6.07) is 9.44. The van der Waals surface area contributed by atoms with Crippen LogP contribution in [-0.2, 0) is 4.74 Å². The summed E-state index contributed by atoms with van der Waals surface area (Å²) in [6.45, 7) is 1.51. The molecule has 27 heavy (non-hydrogen) atoms. The second kappa shape index (κ2) is 7.62. The molecule has 3 aromatic rings. The average Bonchev–Trinajstić information content (AvgIpc) is 3.11. The summed E-state index contributed by atoms with van der Waals surface area (Å²) in [5.74, 6) is 0.394. The van der Waals surface area contributed by atoms with Crippen LogP contribution in [0.15, 0.2) is 36.4 Å². The Hall–Kier alpha value is -2.51. The van der Waals surface area contributed by atoms with E-state index < -0.39 is 0 Å². The smallest absolute Gasteiger partial charge is 0.257 e. The predicted octanol–water partition coefficient (Wildman–Crippen LogP) is 4.59. The Morgan fingerprint density at radius 1 is 1.22 bits per heavy atom. The molecule has 0 aliphatic carbocycles. The number of rotatable bonds is 4. The van der Waals surface area contributed by atoms with Crippen LogP contribution in [0.1, 0.15) is 34.7 Å². The molecule has 0 radical (unpaired) electrons. The van der Waals surface area contributed by atoms with Gasteiger partial charge in [0.15, 0.2) is 5.13 Å². The van der Waals surface area contributed by atoms with Crippen molar-refractivity contribution in [1.82, 2.24) is 4.98 Å². The summed E-state index contributed by atoms with van der Waals surface area (Å²) in [5.41, 5.74) is 2.35. The zero-order valence-corrected chi connectivity index (χ0v) is 15.6. The van der Waals surface area contributed by atoms with Gasteiger partial charge in [-0.2, -0.15) is 0 Å². The number of hydrogen-bond acceptors (Lipinski definition) is 5. The Labute approximate surface area is 160 Å². The maximum absolute atomic E-state index is 13.1. The van der Waals surface area contributed by atoms with Gasteiger partial charge in [-0.05, 0) is 54.7 Å². The molecule has 1 fully saturated rings. The highest BCUT2D eigenvalue weighted by Gasteiger charge is 2.22. The van der Waals surface area contributed by atoms with Crippen molar-refractivity contribution in [2.45, 2.75) is 18.8 Å². The molecule has 0 atom stereocenters. The largest absolute Gasteiger partial charge is 0.494 e. The summed E-state index contributed by atoms with van der Waals surface area (Å²) in [6.07, 6.45) is 1.94. The number of hydrogen-bond donors (Lipinski definition) is 1. The molecule has 140 valence electrons. The number of anilines is 1. The molecular weight excluding hydrogens is 367 g/mol. The van der Waals surface area contributed by atoms with Crippen LogP contribution in [-0.4, -0.2) is 31.2 Å². The first-order valence-corrected chi connectivity index (χ1v) is 9.59. The quantitative estimate of drug-likeness (QED) is 0.712. The van der Waals surface area contributed by atoms with Crippen LogP contribution in [0.4, 0.5) is 9.52 Å². The van der Waals surface area contributed by atoms with Crippen molar-refractivity contribution < 1.29 is 18.7 Å². The summed E-state index contributed by atoms with van der Waals surface area (Å²) >= 11 is 1.44. The summed E-state index contributed by atoms with van der Waals surface area (Å²) < 4.78 is 25.0. The number of methoxy groups -OCH3 is 1. The number of ether oxygens (including phenoxy) is 2. The first-order chi connectivity index (χ1) is 13.2. The number of aromatic nitrogens is 1. The lowest BCUT2D eigenvalue weighted by Crippen LogP contribution is -2.14. The number of carbonyl (C=O) groups is 1. The molecular formula is C20H19FN2O3S. The van der Waals surface area contributed by atoms with Crippen LogP contribution in [0.2, 0.25) is 0 Å². The molecule has 1 amide bonds. The second-order valence-electron chi connectivity index (χ2n) is 6.40. The van der Waals surface area contributed by atoms with E-state index in [1.165, 1.54) is 41.2 Å². The van der Waals surface area contributed by atoms with Crippen molar-refractivity contribution in [3.05, 3.63) is 53.3 Å². The first-order valence-electron chi connectivity index (χ1n) is 8.78. The molecule has 2 heterocycles. The van der Waals surface area contributed by atoms with E-state index in [4.69, 9.17) is 9.47 Å². The standard InChI is InChI=1S/C20H19FN2O3S/c1-25-16-7-6-15(12-8-10-26-11-9-12)18-17(16)22-20(27-18)23-19(24)13-2-4-14(21)5-3-13/h2-7,12H,8-11H2,1H3,(H,22,23,24). The fourth-order valence-electron chi connectivity index (χ4n) is 3.32. The number of benzene rings is 2. The van der Waals surface area contributed by atoms with Gasteiger partial charge in [0, 0.05) is 18.8 Å². The van der Waals surface area contributed by atoms with Gasteiger partial charge in [-0.3, -0.25) is 10.1 Å². The van der Waals surface area contributed by atoms with Crippen LogP contribution in [0.3, 0.4) is 0 Å². The van der Waals surface area contributed by atoms with Crippen LogP contribution in [0, 0.1) is 5.82 Å². The molecule has 4 rings (SSSR count). The lowest BCUT2D eigenvalue weighted by atomic mass is 9.91. The number of thiazole rings is 1. The SMILES string of the molecule is COc1ccc(C2CCOCC2)c2sc(NC(=O)c3ccc(F)cc3)nc12. The van der Waals surface area contributed by atoms with E-state index in [9.17, 15) is 9.18 Å². The van der Waals surface area contributed by atoms with Gasteiger partial charge >= 0.3 is 0 Å². The lowest BCUT2D eigenvalue weighted by molar-refractivity contribution is 0.0856. The van der Waals surface area contributed by atoms with Gasteiger partial charge in [-0.1, -0.05) is 17.4 Å². The highest BCUT2D eigenvalue weighted by atomic mass is 32.1. The van der Waals surface area contributed by atoms with Crippen molar-refractivity contribution >= 4 is 32.6 Å². The Bertz CT molecular complexity index is 965. The monoisotopic (exact) mass is 386 g/mol. The lowest BCUT2D eigenvalue weighted by Gasteiger charge is -2.23. The molecule has 1 aliphatic rings. The van der Waals surface area contributed by atoms with Crippen molar-refractivity contribution in [3.63, 3.8) is 0 Å². The van der Waals surface area contributed by atoms with Gasteiger partial charge in [0.25, 0.3) is 5.91 Å². The molecule has 1 aromatic heterocycles. The van der Waals surface area contributed by atoms with Crippen molar-refractivity contribution in [2.24, 2.45) is 0 Å². The summed E-state index contributed by atoms with van der Waals surface area (Å²) in [5, 5.41) is 3.31. The Morgan fingerprint density at radius 3 is 2.67 bits per heavy atom. The maximum atomic E-state index is 13.1. The van der Waals surface area contributed by atoms with Crippen LogP contribution in [0.5, 0.6) is 5.75 Å². The average molecular weight is 386 g/mol. The van der Waals surface area contributed by atoms with Gasteiger partial charge in [-0.15, -0.1) is 0 Å². The van der Waals surface area contributed by atoms with Crippen LogP contribution >= 0.6 is 11.3 Å². The van der Waals surface area contributed by atoms with E-state index in [0.717, 1.165) is 36.3 Å². The number of nitrogens with one attached hydrogen (secondary N) is 1. The molecule has 0 spiro atoms. The molecule has 5 nitrogen and oxygen atoms in total. The van der Waals surface area contributed by atoms with Gasteiger partial charge in [0.2, 0.25) is 0 Å². The van der Waals surface area contributed by atoms with Crippen LogP contribution < -0.4 is 10.1 Å². The Kier molecular flexibility index (Phi) is 5.05. The molecule has 1 aliphatic heterocycles. The van der Waals surface area contributed by atoms with Crippen molar-refractivity contribution in [1.29, 1.82) is 0 Å². The van der Waals surface area contributed by atoms with E-state index in [1.807, 2.05) is 6.07 Å². The third-order valence-corrected chi connectivity index (χ3v) is 5.76. The fourth-order valence-corrected chi connectivity index (χ4v) is 4.39. The highest BCUT2D eigenvalue weighted by molar-refractivity contribution is 7.22. The minimum Gasteiger partial charge on any atom is -0.494 e. The van der Waals surface area contributed by atoms with Crippen molar-refractivity contribution in [3.8, 4) is 5.75 Å². The van der Waals surface area contributed by atoms with E-state index in [0.29, 0.717) is 22.4 Å². The van der Waals surface area contributed by atoms with Gasteiger partial charge < -0.3 is 9.47 Å². The molecule has 0 saturated carbocycles. The fraction of sp³-hybridized carbons (Fsp3) is 0.300. The van der Waals surface area contributed by atoms with E-state index in [2.05, 4.69) is 16.4 Å². The van der Waals surface area contributed by atoms with Crippen molar-refractivity contribution in [2.75, 3.05) is 25.6 Å². The molecule has 0 unspecified atom stereocenters. The normalized spacial score (nSPS) is 15.0. The first kappa shape index (κ1) is 17.9. The predicted molar refractivity (Wildman–Crippen MR) is 103 cm³/mol. The van der Waals surface area contributed by atoms with E-state index >= 15 is 0 Å². The maximum Gasteiger partial charge on any atom is 0.257 e. The minimum absolute atomic E-state index is 0.319. The number of fused-ring (bicyclic) bond motifs is 1. The zero-order valence-electron chi connectivity index (χ0n) is 14.8.